The van der Waals surface area contributed by atoms with Crippen molar-refractivity contribution in [3.8, 4) is 0 Å². The predicted molar refractivity (Wildman–Crippen MR) is 66.1 cm³/mol. The predicted octanol–water partition coefficient (Wildman–Crippen LogP) is 1.81. The van der Waals surface area contributed by atoms with Crippen molar-refractivity contribution in [3.05, 3.63) is 0 Å². The minimum Gasteiger partial charge on any atom is -0.318 e. The van der Waals surface area contributed by atoms with Crippen LogP contribution >= 0.6 is 11.8 Å². The summed E-state index contributed by atoms with van der Waals surface area (Å²) in [4.78, 5) is 2.67. The first-order valence-electron chi connectivity index (χ1n) is 5.78. The van der Waals surface area contributed by atoms with Crippen LogP contribution in [0.2, 0.25) is 0 Å². The van der Waals surface area contributed by atoms with Gasteiger partial charge in [-0.15, -0.1) is 0 Å². The van der Waals surface area contributed by atoms with Crippen LogP contribution in [0.3, 0.4) is 0 Å². The second-order valence-corrected chi connectivity index (χ2v) is 5.72. The SMILES string of the molecule is CCCC(CNC)N1CCSC(C)C1. The van der Waals surface area contributed by atoms with Gasteiger partial charge in [0.25, 0.3) is 0 Å². The third-order valence-electron chi connectivity index (χ3n) is 2.85. The zero-order valence-corrected chi connectivity index (χ0v) is 10.6. The molecule has 0 saturated carbocycles. The smallest absolute Gasteiger partial charge is 0.0221 e. The summed E-state index contributed by atoms with van der Waals surface area (Å²) in [6.45, 7) is 8.33. The first kappa shape index (κ1) is 12.3. The van der Waals surface area contributed by atoms with Gasteiger partial charge in [0.1, 0.15) is 0 Å². The van der Waals surface area contributed by atoms with Crippen LogP contribution < -0.4 is 5.32 Å². The Morgan fingerprint density at radius 1 is 1.57 bits per heavy atom. The molecule has 2 unspecified atom stereocenters. The van der Waals surface area contributed by atoms with Crippen LogP contribution in [0.5, 0.6) is 0 Å². The van der Waals surface area contributed by atoms with E-state index in [1.54, 1.807) is 0 Å². The molecule has 1 rings (SSSR count). The third-order valence-corrected chi connectivity index (χ3v) is 3.99. The molecule has 0 amide bonds. The Labute approximate surface area is 92.8 Å². The van der Waals surface area contributed by atoms with Gasteiger partial charge in [-0.2, -0.15) is 11.8 Å². The lowest BCUT2D eigenvalue weighted by molar-refractivity contribution is 0.191. The van der Waals surface area contributed by atoms with E-state index in [1.165, 1.54) is 31.7 Å². The average molecular weight is 216 g/mol. The van der Waals surface area contributed by atoms with E-state index in [0.717, 1.165) is 17.8 Å². The van der Waals surface area contributed by atoms with Crippen molar-refractivity contribution in [2.75, 3.05) is 32.4 Å². The fourth-order valence-electron chi connectivity index (χ4n) is 2.16. The minimum absolute atomic E-state index is 0.758. The van der Waals surface area contributed by atoms with Gasteiger partial charge in [-0.25, -0.2) is 0 Å². The summed E-state index contributed by atoms with van der Waals surface area (Å²) in [5.74, 6) is 1.31. The van der Waals surface area contributed by atoms with E-state index in [2.05, 4.69) is 42.9 Å². The molecule has 0 aromatic carbocycles. The van der Waals surface area contributed by atoms with Crippen molar-refractivity contribution in [1.29, 1.82) is 0 Å². The Bertz CT molecular complexity index is 143. The minimum atomic E-state index is 0.758. The number of nitrogens with zero attached hydrogens (tertiary/aromatic N) is 1. The molecule has 0 aromatic rings. The standard InChI is InChI=1S/C11H24N2S/c1-4-5-11(8-12-3)13-6-7-14-10(2)9-13/h10-12H,4-9H2,1-3H3. The number of rotatable bonds is 5. The maximum absolute atomic E-state index is 3.32. The third kappa shape index (κ3) is 3.79. The molecule has 0 bridgehead atoms. The molecule has 1 N–H and O–H groups in total. The van der Waals surface area contributed by atoms with E-state index in [0.29, 0.717) is 0 Å². The Morgan fingerprint density at radius 2 is 2.36 bits per heavy atom. The monoisotopic (exact) mass is 216 g/mol. The van der Waals surface area contributed by atoms with Gasteiger partial charge < -0.3 is 5.32 Å². The quantitative estimate of drug-likeness (QED) is 0.754. The van der Waals surface area contributed by atoms with Crippen LogP contribution in [0.25, 0.3) is 0 Å². The number of thioether (sulfide) groups is 1. The van der Waals surface area contributed by atoms with Crippen LogP contribution in [0, 0.1) is 0 Å². The van der Waals surface area contributed by atoms with Crippen molar-refractivity contribution in [3.63, 3.8) is 0 Å². The highest BCUT2D eigenvalue weighted by Gasteiger charge is 2.22. The van der Waals surface area contributed by atoms with Crippen molar-refractivity contribution in [2.45, 2.75) is 38.0 Å². The molecule has 1 fully saturated rings. The summed E-state index contributed by atoms with van der Waals surface area (Å²) in [6, 6.07) is 0.758. The van der Waals surface area contributed by atoms with E-state index in [9.17, 15) is 0 Å². The molecule has 1 aliphatic heterocycles. The molecule has 1 saturated heterocycles. The molecule has 1 aliphatic rings. The molecular weight excluding hydrogens is 192 g/mol. The van der Waals surface area contributed by atoms with Gasteiger partial charge in [-0.3, -0.25) is 4.90 Å². The second kappa shape index (κ2) is 6.70. The van der Waals surface area contributed by atoms with Crippen molar-refractivity contribution in [2.24, 2.45) is 0 Å². The largest absolute Gasteiger partial charge is 0.318 e. The summed E-state index contributed by atoms with van der Waals surface area (Å²) >= 11 is 2.11. The molecule has 14 heavy (non-hydrogen) atoms. The topological polar surface area (TPSA) is 15.3 Å². The van der Waals surface area contributed by atoms with Gasteiger partial charge in [-0.05, 0) is 13.5 Å². The van der Waals surface area contributed by atoms with Gasteiger partial charge in [0.15, 0.2) is 0 Å². The van der Waals surface area contributed by atoms with E-state index >= 15 is 0 Å². The highest BCUT2D eigenvalue weighted by molar-refractivity contribution is 7.99. The maximum atomic E-state index is 3.32. The van der Waals surface area contributed by atoms with Gasteiger partial charge >= 0.3 is 0 Å². The summed E-state index contributed by atoms with van der Waals surface area (Å²) < 4.78 is 0. The zero-order valence-electron chi connectivity index (χ0n) is 9.75. The lowest BCUT2D eigenvalue weighted by Gasteiger charge is -2.37. The summed E-state index contributed by atoms with van der Waals surface area (Å²) in [7, 11) is 2.06. The first-order chi connectivity index (χ1) is 6.77. The fraction of sp³-hybridized carbons (Fsp3) is 1.00. The van der Waals surface area contributed by atoms with Gasteiger partial charge in [0, 0.05) is 36.7 Å². The Balaban J connectivity index is 2.39. The molecule has 1 heterocycles. The molecule has 3 heteroatoms. The average Bonchev–Trinajstić information content (AvgIpc) is 2.17. The molecule has 0 spiro atoms. The van der Waals surface area contributed by atoms with E-state index in [-0.39, 0.29) is 0 Å². The van der Waals surface area contributed by atoms with Crippen LogP contribution in [0.1, 0.15) is 26.7 Å². The molecule has 0 aromatic heterocycles. The highest BCUT2D eigenvalue weighted by Crippen LogP contribution is 2.20. The van der Waals surface area contributed by atoms with E-state index in [4.69, 9.17) is 0 Å². The van der Waals surface area contributed by atoms with Crippen LogP contribution in [-0.2, 0) is 0 Å². The normalized spacial score (nSPS) is 26.4. The van der Waals surface area contributed by atoms with Crippen LogP contribution in [0.4, 0.5) is 0 Å². The van der Waals surface area contributed by atoms with Gasteiger partial charge in [0.2, 0.25) is 0 Å². The Hall–Kier alpha value is 0.270. The maximum Gasteiger partial charge on any atom is 0.0221 e. The molecule has 2 nitrogen and oxygen atoms in total. The Kier molecular flexibility index (Phi) is 5.90. The van der Waals surface area contributed by atoms with E-state index < -0.39 is 0 Å². The zero-order chi connectivity index (χ0) is 10.4. The Morgan fingerprint density at radius 3 is 2.93 bits per heavy atom. The molecule has 0 radical (unpaired) electrons. The second-order valence-electron chi connectivity index (χ2n) is 4.18. The molecule has 84 valence electrons. The van der Waals surface area contributed by atoms with Gasteiger partial charge in [0.05, 0.1) is 0 Å². The lowest BCUT2D eigenvalue weighted by Crippen LogP contribution is -2.47. The first-order valence-corrected chi connectivity index (χ1v) is 6.83. The number of hydrogen-bond acceptors (Lipinski definition) is 3. The van der Waals surface area contributed by atoms with Crippen LogP contribution in [-0.4, -0.2) is 48.6 Å². The van der Waals surface area contributed by atoms with Crippen molar-refractivity contribution < 1.29 is 0 Å². The summed E-state index contributed by atoms with van der Waals surface area (Å²) in [6.07, 6.45) is 2.63. The fourth-order valence-corrected chi connectivity index (χ4v) is 3.20. The summed E-state index contributed by atoms with van der Waals surface area (Å²) in [5, 5.41) is 4.14. The van der Waals surface area contributed by atoms with Crippen molar-refractivity contribution >= 4 is 11.8 Å². The van der Waals surface area contributed by atoms with Crippen molar-refractivity contribution in [1.82, 2.24) is 10.2 Å². The summed E-state index contributed by atoms with van der Waals surface area (Å²) in [5.41, 5.74) is 0. The number of hydrogen-bond donors (Lipinski definition) is 1. The van der Waals surface area contributed by atoms with Gasteiger partial charge in [-0.1, -0.05) is 20.3 Å². The van der Waals surface area contributed by atoms with Crippen LogP contribution in [0.15, 0.2) is 0 Å². The van der Waals surface area contributed by atoms with E-state index in [1.807, 2.05) is 0 Å². The molecular formula is C11H24N2S. The number of likely N-dealkylation sites (N-methyl/N-ethyl adjacent to an activating group) is 1. The highest BCUT2D eigenvalue weighted by atomic mass is 32.2. The number of nitrogens with one attached hydrogen (secondary N) is 1. The molecule has 0 aliphatic carbocycles. The lowest BCUT2D eigenvalue weighted by atomic mass is 10.1. The molecule has 2 atom stereocenters.